The highest BCUT2D eigenvalue weighted by atomic mass is 32.1. The number of hydrogen-bond donors (Lipinski definition) is 2. The van der Waals surface area contributed by atoms with Crippen molar-refractivity contribution in [1.82, 2.24) is 5.32 Å². The van der Waals surface area contributed by atoms with E-state index in [1.54, 1.807) is 6.92 Å². The summed E-state index contributed by atoms with van der Waals surface area (Å²) in [5.41, 5.74) is 3.93. The summed E-state index contributed by atoms with van der Waals surface area (Å²) in [7, 11) is 0. The van der Waals surface area contributed by atoms with E-state index in [-0.39, 0.29) is 11.4 Å². The fourth-order valence-corrected chi connectivity index (χ4v) is 1.83. The lowest BCUT2D eigenvalue weighted by Crippen LogP contribution is -2.36. The molecule has 1 aromatic carbocycles. The molecule has 0 aromatic heterocycles. The summed E-state index contributed by atoms with van der Waals surface area (Å²) < 4.78 is 38.2. The number of alkyl halides is 3. The second kappa shape index (κ2) is 6.01. The number of hydrogen-bond acceptors (Lipinski definition) is 2. The molecule has 0 aliphatic rings. The van der Waals surface area contributed by atoms with Crippen LogP contribution in [0.5, 0.6) is 0 Å². The molecule has 1 atom stereocenters. The van der Waals surface area contributed by atoms with Crippen LogP contribution >= 0.6 is 12.2 Å². The van der Waals surface area contributed by atoms with Crippen LogP contribution in [0.4, 0.5) is 13.2 Å². The lowest BCUT2D eigenvalue weighted by molar-refractivity contribution is -0.137. The Morgan fingerprint density at radius 1 is 1.42 bits per heavy atom. The average molecular weight is 290 g/mol. The highest BCUT2D eigenvalue weighted by molar-refractivity contribution is 7.80. The molecule has 1 aromatic rings. The van der Waals surface area contributed by atoms with Crippen LogP contribution in [0.1, 0.15) is 29.3 Å². The van der Waals surface area contributed by atoms with Crippen molar-refractivity contribution < 1.29 is 18.0 Å². The van der Waals surface area contributed by atoms with Gasteiger partial charge in [-0.15, -0.1) is 0 Å². The molecule has 0 spiro atoms. The van der Waals surface area contributed by atoms with Crippen LogP contribution < -0.4 is 11.1 Å². The molecular weight excluding hydrogens is 277 g/mol. The van der Waals surface area contributed by atoms with Crippen molar-refractivity contribution >= 4 is 23.1 Å². The summed E-state index contributed by atoms with van der Waals surface area (Å²) in [6.45, 7) is 1.62. The first kappa shape index (κ1) is 15.4. The summed E-state index contributed by atoms with van der Waals surface area (Å²) in [6, 6.07) is 4.19. The molecule has 19 heavy (non-hydrogen) atoms. The van der Waals surface area contributed by atoms with E-state index in [0.29, 0.717) is 0 Å². The molecule has 0 saturated carbocycles. The SMILES string of the molecule is CC(CC(N)=S)NC(=O)c1ccccc1C(F)(F)F. The lowest BCUT2D eigenvalue weighted by Gasteiger charge is -2.16. The molecule has 0 aliphatic heterocycles. The molecule has 0 bridgehead atoms. The van der Waals surface area contributed by atoms with E-state index in [4.69, 9.17) is 5.73 Å². The predicted molar refractivity (Wildman–Crippen MR) is 69.8 cm³/mol. The Kier molecular flexibility index (Phi) is 4.88. The second-order valence-electron chi connectivity index (χ2n) is 4.09. The molecule has 3 nitrogen and oxygen atoms in total. The van der Waals surface area contributed by atoms with Crippen LogP contribution in [-0.2, 0) is 6.18 Å². The molecule has 1 unspecified atom stereocenters. The van der Waals surface area contributed by atoms with Gasteiger partial charge in [0.25, 0.3) is 5.91 Å². The van der Waals surface area contributed by atoms with Gasteiger partial charge in [0.1, 0.15) is 0 Å². The molecule has 7 heteroatoms. The van der Waals surface area contributed by atoms with Crippen molar-refractivity contribution in [3.63, 3.8) is 0 Å². The Balaban J connectivity index is 2.92. The Morgan fingerprint density at radius 2 is 2.00 bits per heavy atom. The highest BCUT2D eigenvalue weighted by Crippen LogP contribution is 2.31. The largest absolute Gasteiger partial charge is 0.417 e. The number of amides is 1. The van der Waals surface area contributed by atoms with Gasteiger partial charge in [0.2, 0.25) is 0 Å². The molecule has 0 radical (unpaired) electrons. The maximum absolute atomic E-state index is 12.7. The molecule has 0 aliphatic carbocycles. The van der Waals surface area contributed by atoms with Gasteiger partial charge in [-0.05, 0) is 19.1 Å². The smallest absolute Gasteiger partial charge is 0.393 e. The maximum Gasteiger partial charge on any atom is 0.417 e. The van der Waals surface area contributed by atoms with Crippen LogP contribution in [0.15, 0.2) is 24.3 Å². The summed E-state index contributed by atoms with van der Waals surface area (Å²) in [4.78, 5) is 12.0. The van der Waals surface area contributed by atoms with Gasteiger partial charge in [-0.25, -0.2) is 0 Å². The van der Waals surface area contributed by atoms with Crippen molar-refractivity contribution in [3.05, 3.63) is 35.4 Å². The summed E-state index contributed by atoms with van der Waals surface area (Å²) in [5.74, 6) is -0.795. The van der Waals surface area contributed by atoms with Gasteiger partial charge in [-0.2, -0.15) is 13.2 Å². The summed E-state index contributed by atoms with van der Waals surface area (Å²) in [6.07, 6.45) is -4.34. The van der Waals surface area contributed by atoms with E-state index < -0.39 is 29.3 Å². The van der Waals surface area contributed by atoms with Crippen molar-refractivity contribution in [1.29, 1.82) is 0 Å². The Labute approximate surface area is 114 Å². The maximum atomic E-state index is 12.7. The molecule has 3 N–H and O–H groups in total. The summed E-state index contributed by atoms with van der Waals surface area (Å²) >= 11 is 4.67. The fourth-order valence-electron chi connectivity index (χ4n) is 1.58. The molecule has 1 rings (SSSR count). The number of nitrogens with two attached hydrogens (primary N) is 1. The van der Waals surface area contributed by atoms with Gasteiger partial charge in [0.15, 0.2) is 0 Å². The van der Waals surface area contributed by atoms with E-state index in [0.717, 1.165) is 12.1 Å². The zero-order valence-corrected chi connectivity index (χ0v) is 10.9. The molecule has 0 fully saturated rings. The number of halogens is 3. The Morgan fingerprint density at radius 3 is 2.53 bits per heavy atom. The van der Waals surface area contributed by atoms with Gasteiger partial charge in [0.05, 0.1) is 16.1 Å². The molecule has 0 saturated heterocycles. The third-order valence-electron chi connectivity index (χ3n) is 2.36. The first-order chi connectivity index (χ1) is 8.71. The number of thiocarbonyl (C=S) groups is 1. The van der Waals surface area contributed by atoms with Gasteiger partial charge >= 0.3 is 6.18 Å². The van der Waals surface area contributed by atoms with Crippen LogP contribution in [0.3, 0.4) is 0 Å². The van der Waals surface area contributed by atoms with Crippen molar-refractivity contribution in [2.75, 3.05) is 0 Å². The quantitative estimate of drug-likeness (QED) is 0.838. The first-order valence-corrected chi connectivity index (χ1v) is 5.88. The number of benzene rings is 1. The average Bonchev–Trinajstić information content (AvgIpc) is 2.26. The third kappa shape index (κ3) is 4.51. The highest BCUT2D eigenvalue weighted by Gasteiger charge is 2.34. The van der Waals surface area contributed by atoms with Crippen LogP contribution in [0, 0.1) is 0 Å². The van der Waals surface area contributed by atoms with E-state index in [1.807, 2.05) is 0 Å². The van der Waals surface area contributed by atoms with Crippen molar-refractivity contribution in [2.24, 2.45) is 5.73 Å². The number of carbonyl (C=O) groups excluding carboxylic acids is 1. The Hall–Kier alpha value is -1.63. The molecule has 104 valence electrons. The standard InChI is InChI=1S/C12H13F3N2OS/c1-7(6-10(16)19)17-11(18)8-4-2-3-5-9(8)12(13,14)15/h2-5,7H,6H2,1H3,(H2,16,19)(H,17,18). The zero-order chi connectivity index (χ0) is 14.6. The van der Waals surface area contributed by atoms with Gasteiger partial charge in [0, 0.05) is 12.5 Å². The molecule has 0 heterocycles. The molecular formula is C12H13F3N2OS. The minimum atomic E-state index is -4.57. The number of carbonyl (C=O) groups is 1. The second-order valence-corrected chi connectivity index (χ2v) is 4.61. The van der Waals surface area contributed by atoms with Crippen molar-refractivity contribution in [2.45, 2.75) is 25.6 Å². The van der Waals surface area contributed by atoms with Crippen LogP contribution in [0.2, 0.25) is 0 Å². The topological polar surface area (TPSA) is 55.1 Å². The van der Waals surface area contributed by atoms with E-state index in [9.17, 15) is 18.0 Å². The van der Waals surface area contributed by atoms with Gasteiger partial charge < -0.3 is 11.1 Å². The fraction of sp³-hybridized carbons (Fsp3) is 0.333. The predicted octanol–water partition coefficient (Wildman–Crippen LogP) is 2.50. The van der Waals surface area contributed by atoms with E-state index >= 15 is 0 Å². The third-order valence-corrected chi connectivity index (χ3v) is 2.53. The number of rotatable bonds is 4. The number of nitrogens with one attached hydrogen (secondary N) is 1. The lowest BCUT2D eigenvalue weighted by atomic mass is 10.1. The van der Waals surface area contributed by atoms with Gasteiger partial charge in [-0.3, -0.25) is 4.79 Å². The van der Waals surface area contributed by atoms with Crippen LogP contribution in [0.25, 0.3) is 0 Å². The van der Waals surface area contributed by atoms with Crippen LogP contribution in [-0.4, -0.2) is 16.9 Å². The van der Waals surface area contributed by atoms with Crippen molar-refractivity contribution in [3.8, 4) is 0 Å². The monoisotopic (exact) mass is 290 g/mol. The van der Waals surface area contributed by atoms with E-state index in [2.05, 4.69) is 17.5 Å². The first-order valence-electron chi connectivity index (χ1n) is 5.47. The normalized spacial score (nSPS) is 12.8. The Bertz CT molecular complexity index is 488. The zero-order valence-electron chi connectivity index (χ0n) is 10.1. The summed E-state index contributed by atoms with van der Waals surface area (Å²) in [5, 5.41) is 2.43. The minimum Gasteiger partial charge on any atom is -0.393 e. The minimum absolute atomic E-state index is 0.192. The van der Waals surface area contributed by atoms with E-state index in [1.165, 1.54) is 12.1 Å². The molecule has 1 amide bonds. The van der Waals surface area contributed by atoms with Gasteiger partial charge in [-0.1, -0.05) is 24.4 Å².